The van der Waals surface area contributed by atoms with E-state index in [9.17, 15) is 9.50 Å². The minimum atomic E-state index is -1.12. The molecule has 0 aliphatic carbocycles. The first kappa shape index (κ1) is 17.9. The second-order valence-corrected chi connectivity index (χ2v) is 7.33. The summed E-state index contributed by atoms with van der Waals surface area (Å²) in [5.41, 5.74) is 3.43. The van der Waals surface area contributed by atoms with Crippen LogP contribution in [0.2, 0.25) is 0 Å². The normalized spacial score (nSPS) is 13.6. The molecule has 1 aliphatic rings. The van der Waals surface area contributed by atoms with Crippen LogP contribution in [0.1, 0.15) is 22.8 Å². The number of aliphatic hydroxyl groups is 1. The van der Waals surface area contributed by atoms with Crippen molar-refractivity contribution in [1.82, 2.24) is 0 Å². The van der Waals surface area contributed by atoms with E-state index >= 15 is 0 Å². The van der Waals surface area contributed by atoms with E-state index in [4.69, 9.17) is 9.47 Å². The zero-order valence-electron chi connectivity index (χ0n) is 15.0. The number of ether oxygens (including phenoxy) is 2. The molecule has 0 bridgehead atoms. The van der Waals surface area contributed by atoms with Gasteiger partial charge in [0.05, 0.1) is 0 Å². The molecule has 5 heteroatoms. The van der Waals surface area contributed by atoms with Crippen molar-refractivity contribution in [3.8, 4) is 22.6 Å². The number of thioether (sulfide) groups is 1. The molecule has 0 radical (unpaired) electrons. The summed E-state index contributed by atoms with van der Waals surface area (Å²) in [6.45, 7) is 2.01. The van der Waals surface area contributed by atoms with Crippen LogP contribution < -0.4 is 9.47 Å². The fourth-order valence-electron chi connectivity index (χ4n) is 3.24. The maximum atomic E-state index is 14.4. The molecule has 3 nitrogen and oxygen atoms in total. The van der Waals surface area contributed by atoms with E-state index < -0.39 is 11.9 Å². The standard InChI is InChI=1S/C22H19FO3S/c1-13-3-8-19(23)18(9-13)22(24)17-11-21-20(25-12-26-21)10-16(17)14-4-6-15(27-2)7-5-14/h3-11,22,24H,12H2,1-2H3. The molecule has 0 fully saturated rings. The monoisotopic (exact) mass is 382 g/mol. The average Bonchev–Trinajstić information content (AvgIpc) is 3.16. The van der Waals surface area contributed by atoms with Crippen molar-refractivity contribution in [2.45, 2.75) is 17.9 Å². The molecule has 1 aliphatic heterocycles. The van der Waals surface area contributed by atoms with Crippen LogP contribution >= 0.6 is 11.8 Å². The summed E-state index contributed by atoms with van der Waals surface area (Å²) in [4.78, 5) is 1.14. The van der Waals surface area contributed by atoms with E-state index in [1.54, 1.807) is 30.0 Å². The number of fused-ring (bicyclic) bond motifs is 1. The Kier molecular flexibility index (Phi) is 4.81. The predicted octanol–water partition coefficient (Wildman–Crippen LogP) is 5.33. The summed E-state index contributed by atoms with van der Waals surface area (Å²) in [5.74, 6) is 0.746. The van der Waals surface area contributed by atoms with Gasteiger partial charge in [0.15, 0.2) is 11.5 Å². The zero-order valence-corrected chi connectivity index (χ0v) is 15.8. The van der Waals surface area contributed by atoms with Gasteiger partial charge in [0.25, 0.3) is 0 Å². The molecule has 4 rings (SSSR count). The van der Waals surface area contributed by atoms with E-state index in [0.717, 1.165) is 21.6 Å². The molecule has 1 atom stereocenters. The molecule has 3 aromatic carbocycles. The lowest BCUT2D eigenvalue weighted by atomic mass is 9.91. The van der Waals surface area contributed by atoms with Crippen molar-refractivity contribution in [2.24, 2.45) is 0 Å². The maximum absolute atomic E-state index is 14.4. The van der Waals surface area contributed by atoms with Gasteiger partial charge in [-0.1, -0.05) is 29.8 Å². The van der Waals surface area contributed by atoms with Gasteiger partial charge in [0.1, 0.15) is 11.9 Å². The predicted molar refractivity (Wildman–Crippen MR) is 105 cm³/mol. The minimum absolute atomic E-state index is 0.137. The molecule has 0 saturated carbocycles. The summed E-state index contributed by atoms with van der Waals surface area (Å²) in [5, 5.41) is 11.0. The van der Waals surface area contributed by atoms with Crippen LogP contribution in [0.5, 0.6) is 11.5 Å². The lowest BCUT2D eigenvalue weighted by Crippen LogP contribution is -2.05. The number of benzene rings is 3. The van der Waals surface area contributed by atoms with E-state index in [1.807, 2.05) is 43.5 Å². The van der Waals surface area contributed by atoms with Gasteiger partial charge < -0.3 is 14.6 Å². The quantitative estimate of drug-likeness (QED) is 0.619. The lowest BCUT2D eigenvalue weighted by Gasteiger charge is -2.18. The summed E-state index contributed by atoms with van der Waals surface area (Å²) in [6.07, 6.45) is 0.903. The smallest absolute Gasteiger partial charge is 0.231 e. The topological polar surface area (TPSA) is 38.7 Å². The number of rotatable bonds is 4. The largest absolute Gasteiger partial charge is 0.454 e. The second kappa shape index (κ2) is 7.25. The molecule has 0 aromatic heterocycles. The van der Waals surface area contributed by atoms with Crippen molar-refractivity contribution in [1.29, 1.82) is 0 Å². The first-order chi connectivity index (χ1) is 13.1. The van der Waals surface area contributed by atoms with Crippen LogP contribution in [-0.4, -0.2) is 18.2 Å². The first-order valence-electron chi connectivity index (χ1n) is 8.59. The molecule has 1 N–H and O–H groups in total. The Morgan fingerprint density at radius 3 is 2.37 bits per heavy atom. The summed E-state index contributed by atoms with van der Waals surface area (Å²) >= 11 is 1.66. The lowest BCUT2D eigenvalue weighted by molar-refractivity contribution is 0.173. The highest BCUT2D eigenvalue weighted by molar-refractivity contribution is 7.98. The van der Waals surface area contributed by atoms with Gasteiger partial charge in [-0.25, -0.2) is 4.39 Å². The Balaban J connectivity index is 1.86. The molecule has 27 heavy (non-hydrogen) atoms. The number of hydrogen-bond acceptors (Lipinski definition) is 4. The van der Waals surface area contributed by atoms with Crippen molar-refractivity contribution in [3.63, 3.8) is 0 Å². The van der Waals surface area contributed by atoms with Crippen LogP contribution in [0.3, 0.4) is 0 Å². The third-order valence-electron chi connectivity index (χ3n) is 4.69. The fourth-order valence-corrected chi connectivity index (χ4v) is 3.65. The SMILES string of the molecule is CSc1ccc(-c2cc3c(cc2C(O)c2cc(C)ccc2F)OCO3)cc1. The third-order valence-corrected chi connectivity index (χ3v) is 5.43. The van der Waals surface area contributed by atoms with Crippen molar-refractivity contribution in [3.05, 3.63) is 77.1 Å². The van der Waals surface area contributed by atoms with E-state index in [2.05, 4.69) is 0 Å². The highest BCUT2D eigenvalue weighted by atomic mass is 32.2. The van der Waals surface area contributed by atoms with E-state index in [-0.39, 0.29) is 12.4 Å². The molecule has 0 amide bonds. The van der Waals surface area contributed by atoms with Crippen molar-refractivity contribution in [2.75, 3.05) is 13.0 Å². The maximum Gasteiger partial charge on any atom is 0.231 e. The van der Waals surface area contributed by atoms with Crippen LogP contribution in [0.4, 0.5) is 4.39 Å². The minimum Gasteiger partial charge on any atom is -0.454 e. The average molecular weight is 382 g/mol. The van der Waals surface area contributed by atoms with Gasteiger partial charge >= 0.3 is 0 Å². The van der Waals surface area contributed by atoms with Crippen molar-refractivity contribution >= 4 is 11.8 Å². The molecule has 0 spiro atoms. The Hall–Kier alpha value is -2.50. The van der Waals surface area contributed by atoms with Crippen LogP contribution in [0, 0.1) is 12.7 Å². The van der Waals surface area contributed by atoms with Gasteiger partial charge in [-0.05, 0) is 60.2 Å². The Labute approximate surface area is 161 Å². The molecule has 138 valence electrons. The Bertz CT molecular complexity index is 986. The summed E-state index contributed by atoms with van der Waals surface area (Å²) in [6, 6.07) is 16.4. The first-order valence-corrected chi connectivity index (χ1v) is 9.81. The number of hydrogen-bond donors (Lipinski definition) is 1. The number of aryl methyl sites for hydroxylation is 1. The summed E-state index contributed by atoms with van der Waals surface area (Å²) in [7, 11) is 0. The molecule has 1 unspecified atom stereocenters. The Morgan fingerprint density at radius 1 is 0.963 bits per heavy atom. The van der Waals surface area contributed by atoms with E-state index in [0.29, 0.717) is 17.1 Å². The molecule has 0 saturated heterocycles. The molecular formula is C22H19FO3S. The summed E-state index contributed by atoms with van der Waals surface area (Å²) < 4.78 is 25.4. The van der Waals surface area contributed by atoms with E-state index in [1.165, 1.54) is 6.07 Å². The highest BCUT2D eigenvalue weighted by Crippen LogP contribution is 2.42. The molecular weight excluding hydrogens is 363 g/mol. The van der Waals surface area contributed by atoms with Crippen molar-refractivity contribution < 1.29 is 19.0 Å². The number of aliphatic hydroxyl groups excluding tert-OH is 1. The van der Waals surface area contributed by atoms with Gasteiger partial charge in [0, 0.05) is 10.5 Å². The van der Waals surface area contributed by atoms with Gasteiger partial charge in [-0.3, -0.25) is 0 Å². The van der Waals surface area contributed by atoms with Gasteiger partial charge in [-0.15, -0.1) is 11.8 Å². The van der Waals surface area contributed by atoms with Gasteiger partial charge in [0.2, 0.25) is 6.79 Å². The highest BCUT2D eigenvalue weighted by Gasteiger charge is 2.24. The molecule has 3 aromatic rings. The number of halogens is 1. The van der Waals surface area contributed by atoms with Gasteiger partial charge in [-0.2, -0.15) is 0 Å². The van der Waals surface area contributed by atoms with Crippen LogP contribution in [0.25, 0.3) is 11.1 Å². The zero-order chi connectivity index (χ0) is 19.0. The second-order valence-electron chi connectivity index (χ2n) is 6.45. The van der Waals surface area contributed by atoms with Crippen LogP contribution in [0.15, 0.2) is 59.5 Å². The molecule has 1 heterocycles. The van der Waals surface area contributed by atoms with Crippen LogP contribution in [-0.2, 0) is 0 Å². The fraction of sp³-hybridized carbons (Fsp3) is 0.182. The Morgan fingerprint density at radius 2 is 1.67 bits per heavy atom. The third kappa shape index (κ3) is 3.40.